The number of nitrogens with one attached hydrogen (secondary N) is 8. The van der Waals surface area contributed by atoms with Gasteiger partial charge in [0.2, 0.25) is 6.08 Å². The lowest BCUT2D eigenvalue weighted by Gasteiger charge is -2.12. The van der Waals surface area contributed by atoms with Gasteiger partial charge in [0.15, 0.2) is 10.2 Å². The van der Waals surface area contributed by atoms with Gasteiger partial charge in [0.05, 0.1) is 19.8 Å². The number of para-hydroxylation sites is 1. The summed E-state index contributed by atoms with van der Waals surface area (Å²) in [6.45, 7) is 2.17. The Morgan fingerprint density at radius 1 is 0.556 bits per heavy atom. The molecule has 17 heteroatoms. The summed E-state index contributed by atoms with van der Waals surface area (Å²) in [6.07, 6.45) is 3.12. The summed E-state index contributed by atoms with van der Waals surface area (Å²) in [5.41, 5.74) is 10.1. The second-order valence-corrected chi connectivity index (χ2v) is 15.1. The number of ether oxygens (including phenoxy) is 2. The summed E-state index contributed by atoms with van der Waals surface area (Å²) in [6, 6.07) is 35.4. The summed E-state index contributed by atoms with van der Waals surface area (Å²) >= 11 is 11.0. The van der Waals surface area contributed by atoms with Crippen LogP contribution in [0.3, 0.4) is 0 Å². The Balaban J connectivity index is 0.808. The molecule has 15 nitrogen and oxygen atoms in total. The number of carbonyl (C=O) groups excluding carboxylic acids is 4. The first-order valence-electron chi connectivity index (χ1n) is 20.3. The van der Waals surface area contributed by atoms with Crippen LogP contribution >= 0.6 is 24.4 Å². The van der Waals surface area contributed by atoms with E-state index in [-0.39, 0.29) is 25.8 Å². The van der Waals surface area contributed by atoms with Gasteiger partial charge in [-0.1, -0.05) is 54.6 Å². The number of amides is 4. The van der Waals surface area contributed by atoms with Crippen LogP contribution in [0.2, 0.25) is 0 Å². The molecular weight excluding hydrogens is 839 g/mol. The fourth-order valence-corrected chi connectivity index (χ4v) is 6.90. The van der Waals surface area contributed by atoms with Crippen LogP contribution in [-0.2, 0) is 33.8 Å². The Morgan fingerprint density at radius 3 is 1.63 bits per heavy atom. The van der Waals surface area contributed by atoms with Crippen molar-refractivity contribution in [2.45, 2.75) is 38.8 Å². The SMILES string of the molecule is O=C=NCc1ccc(NC(=O)OCCCNC(=S)Nc2ccc3c(c2)Cc2cc(NC(=S)NCCCCOC(=O)Nc4ccc(CNC(=O)Nc5ccccc5)cc4)ccc2-3)cc1. The highest BCUT2D eigenvalue weighted by molar-refractivity contribution is 7.80. The van der Waals surface area contributed by atoms with Gasteiger partial charge in [0, 0.05) is 48.1 Å². The molecule has 0 aliphatic heterocycles. The Hall–Kier alpha value is -7.33. The van der Waals surface area contributed by atoms with Gasteiger partial charge < -0.3 is 41.4 Å². The molecule has 4 amide bonds. The van der Waals surface area contributed by atoms with Crippen LogP contribution in [0.25, 0.3) is 11.1 Å². The molecule has 0 atom stereocenters. The lowest BCUT2D eigenvalue weighted by atomic mass is 10.1. The van der Waals surface area contributed by atoms with Crippen molar-refractivity contribution in [3.05, 3.63) is 138 Å². The van der Waals surface area contributed by atoms with E-state index < -0.39 is 12.2 Å². The molecule has 6 rings (SSSR count). The van der Waals surface area contributed by atoms with Gasteiger partial charge in [-0.15, -0.1) is 0 Å². The largest absolute Gasteiger partial charge is 0.449 e. The number of anilines is 5. The van der Waals surface area contributed by atoms with Crippen LogP contribution in [0.4, 0.5) is 42.8 Å². The Labute approximate surface area is 375 Å². The number of thiocarbonyl (C=S) groups is 2. The number of aliphatic imine (C=N–C) groups is 1. The number of urea groups is 1. The molecule has 0 fully saturated rings. The summed E-state index contributed by atoms with van der Waals surface area (Å²) in [7, 11) is 0. The van der Waals surface area contributed by atoms with Crippen molar-refractivity contribution in [1.29, 1.82) is 0 Å². The zero-order valence-corrected chi connectivity index (χ0v) is 35.9. The summed E-state index contributed by atoms with van der Waals surface area (Å²) in [5.74, 6) is 0. The number of hydrogen-bond acceptors (Lipinski definition) is 9. The molecule has 0 spiro atoms. The molecule has 0 saturated heterocycles. The van der Waals surface area contributed by atoms with E-state index in [2.05, 4.69) is 71.8 Å². The highest BCUT2D eigenvalue weighted by Crippen LogP contribution is 2.39. The third kappa shape index (κ3) is 15.0. The van der Waals surface area contributed by atoms with Crippen LogP contribution in [0.15, 0.2) is 120 Å². The lowest BCUT2D eigenvalue weighted by molar-refractivity contribution is 0.159. The average molecular weight is 886 g/mol. The number of rotatable bonds is 18. The molecule has 0 bridgehead atoms. The van der Waals surface area contributed by atoms with Gasteiger partial charge in [-0.2, -0.15) is 0 Å². The molecule has 0 saturated carbocycles. The van der Waals surface area contributed by atoms with Crippen LogP contribution in [0, 0.1) is 0 Å². The maximum atomic E-state index is 12.3. The zero-order chi connectivity index (χ0) is 44.2. The standard InChI is InChI=1S/C46H47N9O6S2/c56-30-47-28-31-9-13-36(14-10-31)55-46(59)61-24-6-22-49-44(63)53-39-18-20-41-34(27-39)25-33-26-38(17-19-40(33)41)52-43(62)48-21-4-5-23-60-45(58)54-37-15-11-32(12-16-37)29-50-42(57)51-35-7-2-1-3-8-35/h1-3,7-20,26-27H,4-6,21-25,28-29H2,(H,54,58)(H,55,59)(H2,48,52,62)(H2,49,53,63)(H2,50,51,57). The molecule has 324 valence electrons. The van der Waals surface area contributed by atoms with E-state index >= 15 is 0 Å². The van der Waals surface area contributed by atoms with Crippen molar-refractivity contribution in [3.8, 4) is 11.1 Å². The zero-order valence-electron chi connectivity index (χ0n) is 34.3. The second-order valence-electron chi connectivity index (χ2n) is 14.2. The number of carbonyl (C=O) groups is 3. The minimum atomic E-state index is -0.561. The van der Waals surface area contributed by atoms with Gasteiger partial charge in [-0.25, -0.2) is 24.2 Å². The molecule has 0 unspecified atom stereocenters. The van der Waals surface area contributed by atoms with Crippen molar-refractivity contribution < 1.29 is 28.7 Å². The highest BCUT2D eigenvalue weighted by Gasteiger charge is 2.19. The van der Waals surface area contributed by atoms with E-state index in [1.165, 1.54) is 28.3 Å². The minimum Gasteiger partial charge on any atom is -0.449 e. The summed E-state index contributed by atoms with van der Waals surface area (Å²) < 4.78 is 10.6. The van der Waals surface area contributed by atoms with E-state index in [0.29, 0.717) is 59.8 Å². The number of nitrogens with zero attached hydrogens (tertiary/aromatic N) is 1. The van der Waals surface area contributed by atoms with Crippen molar-refractivity contribution in [1.82, 2.24) is 16.0 Å². The number of isocyanates is 1. The molecular formula is C46H47N9O6S2. The van der Waals surface area contributed by atoms with Crippen molar-refractivity contribution in [2.24, 2.45) is 4.99 Å². The molecule has 0 heterocycles. The Bertz CT molecular complexity index is 2430. The molecule has 5 aromatic carbocycles. The maximum absolute atomic E-state index is 12.3. The number of hydrogen-bond donors (Lipinski definition) is 8. The normalized spacial score (nSPS) is 10.7. The Kier molecular flexibility index (Phi) is 16.9. The fraction of sp³-hybridized carbons (Fsp3) is 0.217. The van der Waals surface area contributed by atoms with E-state index in [9.17, 15) is 19.2 Å². The first-order chi connectivity index (χ1) is 30.7. The van der Waals surface area contributed by atoms with E-state index in [0.717, 1.165) is 35.3 Å². The van der Waals surface area contributed by atoms with Crippen LogP contribution in [0.5, 0.6) is 0 Å². The maximum Gasteiger partial charge on any atom is 0.411 e. The van der Waals surface area contributed by atoms with E-state index in [4.69, 9.17) is 33.9 Å². The number of fused-ring (bicyclic) bond motifs is 3. The predicted octanol–water partition coefficient (Wildman–Crippen LogP) is 8.66. The molecule has 5 aromatic rings. The Morgan fingerprint density at radius 2 is 1.06 bits per heavy atom. The third-order valence-corrected chi connectivity index (χ3v) is 10.0. The van der Waals surface area contributed by atoms with E-state index in [1.807, 2.05) is 54.6 Å². The molecule has 1 aliphatic rings. The van der Waals surface area contributed by atoms with Crippen LogP contribution in [-0.4, -0.2) is 60.8 Å². The smallest absolute Gasteiger partial charge is 0.411 e. The van der Waals surface area contributed by atoms with Crippen molar-refractivity contribution in [3.63, 3.8) is 0 Å². The fourth-order valence-electron chi connectivity index (χ4n) is 6.46. The van der Waals surface area contributed by atoms with Gasteiger partial charge in [-0.3, -0.25) is 10.6 Å². The van der Waals surface area contributed by atoms with Gasteiger partial charge in [0.25, 0.3) is 0 Å². The topological polar surface area (TPSA) is 195 Å². The lowest BCUT2D eigenvalue weighted by Crippen LogP contribution is -2.30. The van der Waals surface area contributed by atoms with Gasteiger partial charge >= 0.3 is 18.2 Å². The van der Waals surface area contributed by atoms with Gasteiger partial charge in [0.1, 0.15) is 0 Å². The molecule has 0 radical (unpaired) electrons. The third-order valence-electron chi connectivity index (χ3n) is 9.54. The monoisotopic (exact) mass is 885 g/mol. The molecule has 0 aromatic heterocycles. The highest BCUT2D eigenvalue weighted by atomic mass is 32.1. The van der Waals surface area contributed by atoms with Crippen molar-refractivity contribution in [2.75, 3.05) is 52.9 Å². The minimum absolute atomic E-state index is 0.207. The molecule has 63 heavy (non-hydrogen) atoms. The predicted molar refractivity (Wildman–Crippen MR) is 254 cm³/mol. The van der Waals surface area contributed by atoms with Crippen LogP contribution < -0.4 is 42.5 Å². The second kappa shape index (κ2) is 23.6. The number of benzene rings is 5. The number of unbranched alkanes of at least 4 members (excludes halogenated alkanes) is 1. The molecule has 8 N–H and O–H groups in total. The van der Waals surface area contributed by atoms with Crippen molar-refractivity contribution >= 4 is 87.4 Å². The van der Waals surface area contributed by atoms with Gasteiger partial charge in [-0.05, 0) is 144 Å². The quantitative estimate of drug-likeness (QED) is 0.0177. The first-order valence-corrected chi connectivity index (χ1v) is 21.1. The summed E-state index contributed by atoms with van der Waals surface area (Å²) in [5, 5.41) is 24.8. The average Bonchev–Trinajstić information content (AvgIpc) is 3.64. The molecule has 1 aliphatic carbocycles. The summed E-state index contributed by atoms with van der Waals surface area (Å²) in [4.78, 5) is 50.3. The van der Waals surface area contributed by atoms with Crippen LogP contribution in [0.1, 0.15) is 41.5 Å². The van der Waals surface area contributed by atoms with E-state index in [1.54, 1.807) is 36.4 Å². The first kappa shape index (κ1) is 45.2.